The molecule has 27 heavy (non-hydrogen) atoms. The zero-order chi connectivity index (χ0) is 19.0. The maximum absolute atomic E-state index is 13.0. The smallest absolute Gasteiger partial charge is 0.294 e. The molecule has 0 unspecified atom stereocenters. The molecule has 4 aromatic rings. The maximum Gasteiger partial charge on any atom is 0.294 e. The molecular formula is C18H13FN4O2S2. The minimum atomic E-state index is -0.431. The quantitative estimate of drug-likeness (QED) is 0.567. The van der Waals surface area contributed by atoms with Crippen molar-refractivity contribution >= 4 is 44.5 Å². The molecule has 136 valence electrons. The highest BCUT2D eigenvalue weighted by Gasteiger charge is 2.18. The average Bonchev–Trinajstić information content (AvgIpc) is 3.29. The number of thiophene rings is 1. The van der Waals surface area contributed by atoms with Crippen molar-refractivity contribution in [2.45, 2.75) is 13.5 Å². The Hall–Kier alpha value is -2.91. The highest BCUT2D eigenvalue weighted by molar-refractivity contribution is 7.20. The second kappa shape index (κ2) is 7.01. The van der Waals surface area contributed by atoms with Crippen molar-refractivity contribution in [1.29, 1.82) is 0 Å². The molecule has 9 heteroatoms. The lowest BCUT2D eigenvalue weighted by atomic mass is 10.3. The molecule has 1 aromatic carbocycles. The normalized spacial score (nSPS) is 11.0. The van der Waals surface area contributed by atoms with Gasteiger partial charge >= 0.3 is 0 Å². The number of aromatic nitrogens is 3. The van der Waals surface area contributed by atoms with Crippen LogP contribution in [0.1, 0.15) is 5.01 Å². The number of halogens is 1. The first kappa shape index (κ1) is 17.5. The Morgan fingerprint density at radius 1 is 1.26 bits per heavy atom. The van der Waals surface area contributed by atoms with Gasteiger partial charge in [0.1, 0.15) is 18.1 Å². The van der Waals surface area contributed by atoms with E-state index in [4.69, 9.17) is 0 Å². The Kier molecular flexibility index (Phi) is 4.54. The summed E-state index contributed by atoms with van der Waals surface area (Å²) in [5.74, 6) is -0.824. The summed E-state index contributed by atoms with van der Waals surface area (Å²) in [6, 6.07) is 9.21. The van der Waals surface area contributed by atoms with Crippen molar-refractivity contribution < 1.29 is 9.18 Å². The molecule has 0 aliphatic carbocycles. The molecule has 4 rings (SSSR count). The number of rotatable bonds is 4. The summed E-state index contributed by atoms with van der Waals surface area (Å²) < 4.78 is 14.8. The predicted molar refractivity (Wildman–Crippen MR) is 105 cm³/mol. The van der Waals surface area contributed by atoms with Crippen molar-refractivity contribution in [2.75, 3.05) is 5.32 Å². The molecule has 0 aliphatic heterocycles. The molecule has 3 aromatic heterocycles. The van der Waals surface area contributed by atoms with Crippen LogP contribution < -0.4 is 10.9 Å². The van der Waals surface area contributed by atoms with Crippen LogP contribution in [-0.2, 0) is 11.3 Å². The fourth-order valence-corrected chi connectivity index (χ4v) is 4.31. The van der Waals surface area contributed by atoms with Crippen molar-refractivity contribution in [3.05, 3.63) is 63.0 Å². The van der Waals surface area contributed by atoms with E-state index in [0.717, 1.165) is 19.3 Å². The van der Waals surface area contributed by atoms with E-state index in [-0.39, 0.29) is 6.54 Å². The first-order chi connectivity index (χ1) is 13.0. The van der Waals surface area contributed by atoms with Gasteiger partial charge in [-0.05, 0) is 42.6 Å². The summed E-state index contributed by atoms with van der Waals surface area (Å²) in [5.41, 5.74) is 0.979. The Morgan fingerprint density at radius 3 is 2.74 bits per heavy atom. The van der Waals surface area contributed by atoms with E-state index in [1.165, 1.54) is 46.9 Å². The van der Waals surface area contributed by atoms with E-state index in [1.807, 2.05) is 24.4 Å². The van der Waals surface area contributed by atoms with Gasteiger partial charge < -0.3 is 5.32 Å². The van der Waals surface area contributed by atoms with E-state index >= 15 is 0 Å². The number of nitrogens with one attached hydrogen (secondary N) is 1. The van der Waals surface area contributed by atoms with Gasteiger partial charge in [0.2, 0.25) is 5.91 Å². The molecule has 0 fully saturated rings. The van der Waals surface area contributed by atoms with Gasteiger partial charge in [0.25, 0.3) is 5.56 Å². The Balaban J connectivity index is 1.71. The second-order valence-corrected chi connectivity index (χ2v) is 7.91. The van der Waals surface area contributed by atoms with Crippen LogP contribution >= 0.6 is 22.7 Å². The molecule has 0 saturated heterocycles. The van der Waals surface area contributed by atoms with Gasteiger partial charge in [0.15, 0.2) is 5.52 Å². The van der Waals surface area contributed by atoms with Crippen LogP contribution in [0.5, 0.6) is 0 Å². The molecule has 0 bridgehead atoms. The first-order valence-electron chi connectivity index (χ1n) is 7.99. The van der Waals surface area contributed by atoms with E-state index in [1.54, 1.807) is 0 Å². The zero-order valence-corrected chi connectivity index (χ0v) is 15.7. The maximum atomic E-state index is 13.0. The summed E-state index contributed by atoms with van der Waals surface area (Å²) in [6.45, 7) is 1.56. The third kappa shape index (κ3) is 3.51. The van der Waals surface area contributed by atoms with Gasteiger partial charge in [-0.1, -0.05) is 6.07 Å². The summed E-state index contributed by atoms with van der Waals surface area (Å²) in [4.78, 5) is 30.3. The number of carbonyl (C=O) groups is 1. The van der Waals surface area contributed by atoms with Crippen LogP contribution in [0, 0.1) is 12.7 Å². The standard InChI is InChI=1S/C18H13FN4O2S2/c1-10-20-16-17(27-10)15(13-3-2-8-26-13)22-23(18(16)25)9-14(24)21-12-6-4-11(19)5-7-12/h2-8H,9H2,1H3,(H,21,24). The van der Waals surface area contributed by atoms with Crippen molar-refractivity contribution in [3.63, 3.8) is 0 Å². The van der Waals surface area contributed by atoms with Gasteiger partial charge in [-0.25, -0.2) is 14.1 Å². The van der Waals surface area contributed by atoms with E-state index in [0.29, 0.717) is 16.9 Å². The van der Waals surface area contributed by atoms with Crippen LogP contribution in [0.15, 0.2) is 46.6 Å². The van der Waals surface area contributed by atoms with Crippen LogP contribution in [0.25, 0.3) is 20.8 Å². The Bertz CT molecular complexity index is 1180. The fraction of sp³-hybridized carbons (Fsp3) is 0.111. The van der Waals surface area contributed by atoms with E-state index in [9.17, 15) is 14.0 Å². The molecule has 0 radical (unpaired) electrons. The van der Waals surface area contributed by atoms with Crippen LogP contribution in [0.2, 0.25) is 0 Å². The minimum Gasteiger partial charge on any atom is -0.324 e. The van der Waals surface area contributed by atoms with Gasteiger partial charge in [-0.15, -0.1) is 22.7 Å². The number of nitrogens with zero attached hydrogens (tertiary/aromatic N) is 3. The van der Waals surface area contributed by atoms with Crippen LogP contribution in [-0.4, -0.2) is 20.7 Å². The van der Waals surface area contributed by atoms with Gasteiger partial charge in [0, 0.05) is 5.69 Å². The molecule has 0 atom stereocenters. The third-order valence-corrected chi connectivity index (χ3v) is 5.64. The number of thiazole rings is 1. The van der Waals surface area contributed by atoms with Crippen molar-refractivity contribution in [2.24, 2.45) is 0 Å². The predicted octanol–water partition coefficient (Wildman–Crippen LogP) is 3.67. The van der Waals surface area contributed by atoms with Crippen molar-refractivity contribution in [3.8, 4) is 10.6 Å². The number of carbonyl (C=O) groups excluding carboxylic acids is 1. The molecule has 0 spiro atoms. The number of amides is 1. The lowest BCUT2D eigenvalue weighted by Gasteiger charge is -2.08. The lowest BCUT2D eigenvalue weighted by Crippen LogP contribution is -2.30. The third-order valence-electron chi connectivity index (χ3n) is 3.78. The number of hydrogen-bond donors (Lipinski definition) is 1. The molecule has 0 saturated carbocycles. The minimum absolute atomic E-state index is 0.263. The van der Waals surface area contributed by atoms with E-state index < -0.39 is 17.3 Å². The molecule has 6 nitrogen and oxygen atoms in total. The number of fused-ring (bicyclic) bond motifs is 1. The topological polar surface area (TPSA) is 76.9 Å². The zero-order valence-electron chi connectivity index (χ0n) is 14.1. The van der Waals surface area contributed by atoms with Gasteiger partial charge in [0.05, 0.1) is 14.6 Å². The molecule has 0 aliphatic rings. The van der Waals surface area contributed by atoms with Crippen molar-refractivity contribution in [1.82, 2.24) is 14.8 Å². The monoisotopic (exact) mass is 400 g/mol. The van der Waals surface area contributed by atoms with Gasteiger partial charge in [-0.3, -0.25) is 9.59 Å². The molecule has 1 amide bonds. The second-order valence-electron chi connectivity index (χ2n) is 5.75. The largest absolute Gasteiger partial charge is 0.324 e. The summed E-state index contributed by atoms with van der Waals surface area (Å²) in [7, 11) is 0. The molecule has 1 N–H and O–H groups in total. The summed E-state index contributed by atoms with van der Waals surface area (Å²) in [6.07, 6.45) is 0. The molecular weight excluding hydrogens is 387 g/mol. The Labute approximate surface area is 160 Å². The Morgan fingerprint density at radius 2 is 2.04 bits per heavy atom. The van der Waals surface area contributed by atoms with E-state index in [2.05, 4.69) is 15.4 Å². The van der Waals surface area contributed by atoms with Gasteiger partial charge in [-0.2, -0.15) is 5.10 Å². The number of anilines is 1. The number of benzene rings is 1. The first-order valence-corrected chi connectivity index (χ1v) is 9.68. The van der Waals surface area contributed by atoms with Crippen LogP contribution in [0.3, 0.4) is 0 Å². The van der Waals surface area contributed by atoms with Crippen LogP contribution in [0.4, 0.5) is 10.1 Å². The number of hydrogen-bond acceptors (Lipinski definition) is 6. The fourth-order valence-electron chi connectivity index (χ4n) is 2.62. The summed E-state index contributed by atoms with van der Waals surface area (Å²) >= 11 is 2.91. The SMILES string of the molecule is Cc1nc2c(=O)n(CC(=O)Nc3ccc(F)cc3)nc(-c3cccs3)c2s1. The summed E-state index contributed by atoms with van der Waals surface area (Å²) in [5, 5.41) is 9.73. The lowest BCUT2D eigenvalue weighted by molar-refractivity contribution is -0.117. The average molecular weight is 400 g/mol. The molecule has 3 heterocycles. The number of aryl methyl sites for hydroxylation is 1. The highest BCUT2D eigenvalue weighted by atomic mass is 32.1. The highest BCUT2D eigenvalue weighted by Crippen LogP contribution is 2.31.